The molecule has 4 N–H and O–H groups in total. The van der Waals surface area contributed by atoms with Crippen LogP contribution in [0.5, 0.6) is 5.75 Å². The number of hydrazone groups is 1. The zero-order chi connectivity index (χ0) is 12.0. The summed E-state index contributed by atoms with van der Waals surface area (Å²) in [5, 5.41) is 10.7. The van der Waals surface area contributed by atoms with Crippen LogP contribution in [0.1, 0.15) is 19.4 Å². The minimum absolute atomic E-state index is 0.166. The highest BCUT2D eigenvalue weighted by atomic mass is 16.5. The highest BCUT2D eigenvalue weighted by Crippen LogP contribution is 2.12. The maximum atomic E-state index is 6.90. The van der Waals surface area contributed by atoms with Crippen molar-refractivity contribution in [2.45, 2.75) is 20.0 Å². The number of nitrogens with one attached hydrogen (secondary N) is 2. The number of nitrogens with zero attached hydrogens (tertiary/aromatic N) is 1. The summed E-state index contributed by atoms with van der Waals surface area (Å²) in [6.45, 7) is 3.96. The van der Waals surface area contributed by atoms with E-state index in [9.17, 15) is 0 Å². The highest BCUT2D eigenvalue weighted by molar-refractivity contribution is 5.82. The normalized spacial score (nSPS) is 10.7. The number of hydrogen-bond donors (Lipinski definition) is 3. The third kappa shape index (κ3) is 4.45. The molecule has 5 nitrogen and oxygen atoms in total. The SMILES string of the molecule is CC(C)Oc1ccc(C=NNC(=N)N)cc1. The van der Waals surface area contributed by atoms with Crippen molar-refractivity contribution in [3.8, 4) is 5.75 Å². The second kappa shape index (κ2) is 5.75. The summed E-state index contributed by atoms with van der Waals surface area (Å²) in [6.07, 6.45) is 1.75. The van der Waals surface area contributed by atoms with Crippen molar-refractivity contribution in [2.75, 3.05) is 0 Å². The molecular formula is C11H16N4O. The second-order valence-corrected chi connectivity index (χ2v) is 3.52. The van der Waals surface area contributed by atoms with E-state index in [0.29, 0.717) is 0 Å². The van der Waals surface area contributed by atoms with Crippen molar-refractivity contribution >= 4 is 12.2 Å². The topological polar surface area (TPSA) is 83.5 Å². The van der Waals surface area contributed by atoms with Crippen molar-refractivity contribution < 1.29 is 4.74 Å². The maximum Gasteiger partial charge on any atom is 0.206 e. The van der Waals surface area contributed by atoms with Crippen LogP contribution in [0.15, 0.2) is 29.4 Å². The van der Waals surface area contributed by atoms with E-state index in [1.165, 1.54) is 0 Å². The Morgan fingerprint density at radius 1 is 1.44 bits per heavy atom. The molecule has 1 aromatic carbocycles. The van der Waals surface area contributed by atoms with Gasteiger partial charge < -0.3 is 10.5 Å². The van der Waals surface area contributed by atoms with Crippen LogP contribution < -0.4 is 15.9 Å². The lowest BCUT2D eigenvalue weighted by molar-refractivity contribution is 0.242. The van der Waals surface area contributed by atoms with Crippen LogP contribution in [-0.4, -0.2) is 18.3 Å². The molecule has 0 heterocycles. The first kappa shape index (κ1) is 12.0. The molecule has 0 spiro atoms. The smallest absolute Gasteiger partial charge is 0.206 e. The molecule has 16 heavy (non-hydrogen) atoms. The van der Waals surface area contributed by atoms with Crippen LogP contribution in [0.2, 0.25) is 0 Å². The van der Waals surface area contributed by atoms with Gasteiger partial charge in [0.2, 0.25) is 5.96 Å². The van der Waals surface area contributed by atoms with Gasteiger partial charge in [-0.15, -0.1) is 0 Å². The standard InChI is InChI=1S/C11H16N4O/c1-8(2)16-10-5-3-9(4-6-10)7-14-15-11(12)13/h3-8H,1-2H3,(H4,12,13,15). The lowest BCUT2D eigenvalue weighted by Gasteiger charge is -2.08. The van der Waals surface area contributed by atoms with Crippen LogP contribution in [0, 0.1) is 5.41 Å². The molecular weight excluding hydrogens is 204 g/mol. The van der Waals surface area contributed by atoms with Crippen LogP contribution in [0.3, 0.4) is 0 Å². The van der Waals surface area contributed by atoms with Crippen LogP contribution in [-0.2, 0) is 0 Å². The first-order chi connectivity index (χ1) is 7.58. The van der Waals surface area contributed by atoms with Gasteiger partial charge >= 0.3 is 0 Å². The monoisotopic (exact) mass is 220 g/mol. The minimum Gasteiger partial charge on any atom is -0.491 e. The van der Waals surface area contributed by atoms with E-state index in [4.69, 9.17) is 15.9 Å². The summed E-state index contributed by atoms with van der Waals surface area (Å²) >= 11 is 0. The van der Waals surface area contributed by atoms with Crippen LogP contribution >= 0.6 is 0 Å². The van der Waals surface area contributed by atoms with Crippen LogP contribution in [0.4, 0.5) is 0 Å². The fraction of sp³-hybridized carbons (Fsp3) is 0.273. The average molecular weight is 220 g/mol. The summed E-state index contributed by atoms with van der Waals surface area (Å²) in [5.41, 5.74) is 8.32. The average Bonchev–Trinajstić information content (AvgIpc) is 2.19. The Labute approximate surface area is 94.8 Å². The summed E-state index contributed by atoms with van der Waals surface area (Å²) < 4.78 is 5.50. The number of benzene rings is 1. The molecule has 1 rings (SSSR count). The molecule has 0 bridgehead atoms. The molecule has 0 fully saturated rings. The van der Waals surface area contributed by atoms with Crippen LogP contribution in [0.25, 0.3) is 0 Å². The van der Waals surface area contributed by atoms with E-state index in [1.54, 1.807) is 6.21 Å². The Bertz CT molecular complexity index is 370. The first-order valence-corrected chi connectivity index (χ1v) is 4.98. The molecule has 0 aromatic heterocycles. The molecule has 86 valence electrons. The van der Waals surface area contributed by atoms with E-state index in [-0.39, 0.29) is 12.1 Å². The van der Waals surface area contributed by atoms with E-state index >= 15 is 0 Å². The third-order valence-electron chi connectivity index (χ3n) is 1.65. The molecule has 0 amide bonds. The van der Waals surface area contributed by atoms with E-state index in [2.05, 4.69) is 10.5 Å². The predicted octanol–water partition coefficient (Wildman–Crippen LogP) is 1.29. The van der Waals surface area contributed by atoms with E-state index in [1.807, 2.05) is 38.1 Å². The lowest BCUT2D eigenvalue weighted by atomic mass is 10.2. The van der Waals surface area contributed by atoms with Crippen molar-refractivity contribution in [1.29, 1.82) is 5.41 Å². The van der Waals surface area contributed by atoms with Gasteiger partial charge in [-0.05, 0) is 43.7 Å². The second-order valence-electron chi connectivity index (χ2n) is 3.52. The van der Waals surface area contributed by atoms with Gasteiger partial charge in [0, 0.05) is 0 Å². The molecule has 0 atom stereocenters. The minimum atomic E-state index is -0.184. The Morgan fingerprint density at radius 2 is 2.06 bits per heavy atom. The van der Waals surface area contributed by atoms with Gasteiger partial charge in [-0.2, -0.15) is 5.10 Å². The molecule has 0 saturated heterocycles. The largest absolute Gasteiger partial charge is 0.491 e. The summed E-state index contributed by atoms with van der Waals surface area (Å²) in [4.78, 5) is 0. The fourth-order valence-electron chi connectivity index (χ4n) is 1.08. The number of ether oxygens (including phenoxy) is 1. The fourth-order valence-corrected chi connectivity index (χ4v) is 1.08. The Hall–Kier alpha value is -2.04. The maximum absolute atomic E-state index is 6.90. The van der Waals surface area contributed by atoms with Gasteiger partial charge in [-0.3, -0.25) is 5.41 Å². The van der Waals surface area contributed by atoms with Gasteiger partial charge in [0.15, 0.2) is 0 Å². The first-order valence-electron chi connectivity index (χ1n) is 4.98. The summed E-state index contributed by atoms with van der Waals surface area (Å²) in [6, 6.07) is 7.50. The molecule has 1 aromatic rings. The van der Waals surface area contributed by atoms with Gasteiger partial charge in [-0.25, -0.2) is 5.43 Å². The Kier molecular flexibility index (Phi) is 4.32. The molecule has 5 heteroatoms. The number of guanidine groups is 1. The van der Waals surface area contributed by atoms with Crippen molar-refractivity contribution in [3.63, 3.8) is 0 Å². The number of rotatable bonds is 4. The van der Waals surface area contributed by atoms with Crippen molar-refractivity contribution in [3.05, 3.63) is 29.8 Å². The van der Waals surface area contributed by atoms with Gasteiger partial charge in [0.25, 0.3) is 0 Å². The zero-order valence-electron chi connectivity index (χ0n) is 9.40. The molecule has 0 aliphatic rings. The predicted molar refractivity (Wildman–Crippen MR) is 64.8 cm³/mol. The van der Waals surface area contributed by atoms with Crippen molar-refractivity contribution in [1.82, 2.24) is 5.43 Å². The van der Waals surface area contributed by atoms with E-state index in [0.717, 1.165) is 11.3 Å². The number of hydrogen-bond acceptors (Lipinski definition) is 3. The Morgan fingerprint density at radius 3 is 2.56 bits per heavy atom. The van der Waals surface area contributed by atoms with Gasteiger partial charge in [-0.1, -0.05) is 0 Å². The van der Waals surface area contributed by atoms with Crippen molar-refractivity contribution in [2.24, 2.45) is 10.8 Å². The highest BCUT2D eigenvalue weighted by Gasteiger charge is 1.96. The number of nitrogens with two attached hydrogens (primary N) is 1. The molecule has 0 unspecified atom stereocenters. The molecule has 0 saturated carbocycles. The lowest BCUT2D eigenvalue weighted by Crippen LogP contribution is -2.25. The van der Waals surface area contributed by atoms with E-state index < -0.39 is 0 Å². The van der Waals surface area contributed by atoms with Gasteiger partial charge in [0.05, 0.1) is 12.3 Å². The molecule has 0 radical (unpaired) electrons. The third-order valence-corrected chi connectivity index (χ3v) is 1.65. The molecule has 0 aliphatic carbocycles. The zero-order valence-corrected chi connectivity index (χ0v) is 9.40. The molecule has 0 aliphatic heterocycles. The quantitative estimate of drug-likeness (QED) is 0.406. The van der Waals surface area contributed by atoms with Gasteiger partial charge in [0.1, 0.15) is 5.75 Å². The summed E-state index contributed by atoms with van der Waals surface area (Å²) in [7, 11) is 0. The summed E-state index contributed by atoms with van der Waals surface area (Å²) in [5.74, 6) is 0.641. The Balaban J connectivity index is 2.57.